The Bertz CT molecular complexity index is 1110. The van der Waals surface area contributed by atoms with E-state index in [1.807, 2.05) is 35.7 Å². The van der Waals surface area contributed by atoms with Crippen molar-refractivity contribution in [3.63, 3.8) is 0 Å². The molecule has 3 aromatic rings. The van der Waals surface area contributed by atoms with E-state index < -0.39 is 11.7 Å². The van der Waals surface area contributed by atoms with Gasteiger partial charge < -0.3 is 4.74 Å². The molecular formula is C23H27N5O3S. The largest absolute Gasteiger partial charge is 0.373 e. The van der Waals surface area contributed by atoms with Gasteiger partial charge in [0.2, 0.25) is 0 Å². The van der Waals surface area contributed by atoms with Crippen LogP contribution in [0.1, 0.15) is 41.3 Å². The molecule has 3 heterocycles. The number of thiazole rings is 1. The fraction of sp³-hybridized carbons (Fsp3) is 0.391. The van der Waals surface area contributed by atoms with E-state index in [0.29, 0.717) is 28.6 Å². The second kappa shape index (κ2) is 9.32. The Balaban J connectivity index is 1.44. The van der Waals surface area contributed by atoms with Crippen molar-refractivity contribution in [2.75, 3.05) is 18.4 Å². The number of carbonyl (C=O) groups is 2. The zero-order valence-electron chi connectivity index (χ0n) is 18.7. The van der Waals surface area contributed by atoms with Crippen molar-refractivity contribution in [3.05, 3.63) is 58.4 Å². The number of hydrogen-bond donors (Lipinski definition) is 1. The summed E-state index contributed by atoms with van der Waals surface area (Å²) in [7, 11) is 0. The smallest absolute Gasteiger partial charge is 0.298 e. The fourth-order valence-electron chi connectivity index (χ4n) is 4.14. The van der Waals surface area contributed by atoms with E-state index in [-0.39, 0.29) is 12.2 Å². The van der Waals surface area contributed by atoms with Gasteiger partial charge in [-0.15, -0.1) is 11.3 Å². The van der Waals surface area contributed by atoms with Crippen molar-refractivity contribution in [3.8, 4) is 5.69 Å². The summed E-state index contributed by atoms with van der Waals surface area (Å²) in [5.74, 6) is -1.33. The maximum absolute atomic E-state index is 12.9. The molecule has 8 nitrogen and oxygen atoms in total. The summed E-state index contributed by atoms with van der Waals surface area (Å²) in [4.78, 5) is 32.4. The Hall–Kier alpha value is -2.88. The van der Waals surface area contributed by atoms with Crippen LogP contribution in [-0.2, 0) is 16.1 Å². The van der Waals surface area contributed by atoms with Crippen LogP contribution in [0.4, 0.5) is 5.13 Å². The highest BCUT2D eigenvalue weighted by molar-refractivity contribution is 7.14. The van der Waals surface area contributed by atoms with E-state index in [0.717, 1.165) is 24.5 Å². The van der Waals surface area contributed by atoms with Gasteiger partial charge in [0.1, 0.15) is 0 Å². The molecule has 1 aliphatic rings. The molecule has 4 rings (SSSR count). The molecule has 0 spiro atoms. The summed E-state index contributed by atoms with van der Waals surface area (Å²) in [6, 6.07) is 9.52. The summed E-state index contributed by atoms with van der Waals surface area (Å²) in [5.41, 5.74) is 3.16. The summed E-state index contributed by atoms with van der Waals surface area (Å²) in [5, 5.41) is 9.44. The number of Topliss-reactive ketones (excluding diaryl/α,β-unsaturated/α-hetero) is 1. The van der Waals surface area contributed by atoms with Crippen LogP contribution in [0, 0.1) is 13.8 Å². The third-order valence-electron chi connectivity index (χ3n) is 5.38. The lowest BCUT2D eigenvalue weighted by Crippen LogP contribution is -2.44. The van der Waals surface area contributed by atoms with Gasteiger partial charge in [-0.2, -0.15) is 5.10 Å². The lowest BCUT2D eigenvalue weighted by Gasteiger charge is -2.34. The average molecular weight is 454 g/mol. The van der Waals surface area contributed by atoms with Crippen LogP contribution in [0.25, 0.3) is 5.69 Å². The number of anilines is 1. The normalized spacial score (nSPS) is 19.1. The second-order valence-electron chi connectivity index (χ2n) is 8.17. The van der Waals surface area contributed by atoms with Crippen molar-refractivity contribution in [1.29, 1.82) is 0 Å². The Kier molecular flexibility index (Phi) is 6.50. The van der Waals surface area contributed by atoms with E-state index in [2.05, 4.69) is 34.1 Å². The van der Waals surface area contributed by atoms with E-state index in [9.17, 15) is 9.59 Å². The minimum Gasteiger partial charge on any atom is -0.373 e. The van der Waals surface area contributed by atoms with Gasteiger partial charge in [0.25, 0.3) is 11.7 Å². The molecule has 1 amide bonds. The molecule has 9 heteroatoms. The zero-order valence-corrected chi connectivity index (χ0v) is 19.5. The highest BCUT2D eigenvalue weighted by Gasteiger charge is 2.26. The summed E-state index contributed by atoms with van der Waals surface area (Å²) in [6.45, 7) is 10.0. The topological polar surface area (TPSA) is 89.3 Å². The number of nitrogens with zero attached hydrogens (tertiary/aromatic N) is 4. The van der Waals surface area contributed by atoms with Crippen LogP contribution in [0.3, 0.4) is 0 Å². The number of benzene rings is 1. The van der Waals surface area contributed by atoms with Crippen LogP contribution in [-0.4, -0.2) is 56.7 Å². The summed E-state index contributed by atoms with van der Waals surface area (Å²) in [6.07, 6.45) is 0.356. The van der Waals surface area contributed by atoms with Gasteiger partial charge in [-0.3, -0.25) is 19.8 Å². The number of aryl methyl sites for hydroxylation is 1. The molecule has 2 atom stereocenters. The zero-order chi connectivity index (χ0) is 22.8. The molecule has 0 bridgehead atoms. The number of rotatable bonds is 6. The van der Waals surface area contributed by atoms with Crippen LogP contribution in [0.2, 0.25) is 0 Å². The van der Waals surface area contributed by atoms with E-state index in [1.165, 1.54) is 11.3 Å². The van der Waals surface area contributed by atoms with Gasteiger partial charge in [0, 0.05) is 25.0 Å². The average Bonchev–Trinajstić information content (AvgIpc) is 3.30. The Morgan fingerprint density at radius 2 is 1.84 bits per heavy atom. The molecule has 0 saturated carbocycles. The number of nitrogens with one attached hydrogen (secondary N) is 1. The maximum atomic E-state index is 12.9. The highest BCUT2D eigenvalue weighted by atomic mass is 32.1. The third-order valence-corrected chi connectivity index (χ3v) is 6.18. The SMILES string of the molecule is Cc1nn(-c2ccccc2)c(C)c1C(=O)C(=O)Nc1nc(CN2CC(C)OC(C)C2)cs1. The molecule has 1 aromatic carbocycles. The molecule has 0 aliphatic carbocycles. The van der Waals surface area contributed by atoms with Crippen molar-refractivity contribution in [1.82, 2.24) is 19.7 Å². The maximum Gasteiger partial charge on any atom is 0.298 e. The first-order valence-corrected chi connectivity index (χ1v) is 11.5. The van der Waals surface area contributed by atoms with Crippen LogP contribution in [0.15, 0.2) is 35.7 Å². The van der Waals surface area contributed by atoms with Gasteiger partial charge in [0.15, 0.2) is 5.13 Å². The fourth-order valence-corrected chi connectivity index (χ4v) is 4.84. The Labute approximate surface area is 191 Å². The quantitative estimate of drug-likeness (QED) is 0.455. The van der Waals surface area contributed by atoms with Gasteiger partial charge in [-0.05, 0) is 39.8 Å². The number of para-hydroxylation sites is 1. The second-order valence-corrected chi connectivity index (χ2v) is 9.03. The van der Waals surface area contributed by atoms with Crippen LogP contribution < -0.4 is 5.32 Å². The molecular weight excluding hydrogens is 426 g/mol. The first-order chi connectivity index (χ1) is 15.3. The number of ketones is 1. The first-order valence-electron chi connectivity index (χ1n) is 10.6. The molecule has 1 fully saturated rings. The van der Waals surface area contributed by atoms with Crippen molar-refractivity contribution >= 4 is 28.2 Å². The van der Waals surface area contributed by atoms with E-state index in [1.54, 1.807) is 18.5 Å². The van der Waals surface area contributed by atoms with Gasteiger partial charge in [0.05, 0.1) is 40.5 Å². The number of aromatic nitrogens is 3. The van der Waals surface area contributed by atoms with Crippen molar-refractivity contribution < 1.29 is 14.3 Å². The number of amides is 1. The Morgan fingerprint density at radius 1 is 1.16 bits per heavy atom. The molecule has 32 heavy (non-hydrogen) atoms. The minimum atomic E-state index is -0.710. The van der Waals surface area contributed by atoms with Gasteiger partial charge in [-0.25, -0.2) is 9.67 Å². The van der Waals surface area contributed by atoms with E-state index >= 15 is 0 Å². The summed E-state index contributed by atoms with van der Waals surface area (Å²) >= 11 is 1.32. The molecule has 168 valence electrons. The van der Waals surface area contributed by atoms with E-state index in [4.69, 9.17) is 4.74 Å². The van der Waals surface area contributed by atoms with Crippen molar-refractivity contribution in [2.45, 2.75) is 46.4 Å². The number of morpholine rings is 1. The minimum absolute atomic E-state index is 0.178. The predicted octanol–water partition coefficient (Wildman–Crippen LogP) is 3.38. The van der Waals surface area contributed by atoms with Gasteiger partial charge in [-0.1, -0.05) is 18.2 Å². The molecule has 1 saturated heterocycles. The molecule has 2 aromatic heterocycles. The molecule has 1 aliphatic heterocycles. The third kappa shape index (κ3) is 4.79. The predicted molar refractivity (Wildman–Crippen MR) is 123 cm³/mol. The Morgan fingerprint density at radius 3 is 2.53 bits per heavy atom. The number of ether oxygens (including phenoxy) is 1. The lowest BCUT2D eigenvalue weighted by molar-refractivity contribution is -0.112. The molecule has 1 N–H and O–H groups in total. The molecule has 0 radical (unpaired) electrons. The highest BCUT2D eigenvalue weighted by Crippen LogP contribution is 2.22. The van der Waals surface area contributed by atoms with Crippen LogP contribution >= 0.6 is 11.3 Å². The lowest BCUT2D eigenvalue weighted by atomic mass is 10.1. The van der Waals surface area contributed by atoms with Crippen molar-refractivity contribution in [2.24, 2.45) is 0 Å². The summed E-state index contributed by atoms with van der Waals surface area (Å²) < 4.78 is 7.45. The van der Waals surface area contributed by atoms with Gasteiger partial charge >= 0.3 is 0 Å². The monoisotopic (exact) mass is 453 g/mol. The number of carbonyl (C=O) groups excluding carboxylic acids is 2. The first kappa shape index (κ1) is 22.3. The molecule has 2 unspecified atom stereocenters. The number of hydrogen-bond acceptors (Lipinski definition) is 7. The van der Waals surface area contributed by atoms with Crippen LogP contribution in [0.5, 0.6) is 0 Å². The standard InChI is InChI=1S/C23H27N5O3S/c1-14-10-27(11-15(2)31-14)12-18-13-32-23(24-18)25-22(30)21(29)20-16(3)26-28(17(20)4)19-8-6-5-7-9-19/h5-9,13-15H,10-12H2,1-4H3,(H,24,25,30).